The van der Waals surface area contributed by atoms with Crippen LogP contribution >= 0.6 is 0 Å². The zero-order valence-corrected chi connectivity index (χ0v) is 9.78. The second kappa shape index (κ2) is 5.18. The molecule has 18 heavy (non-hydrogen) atoms. The Morgan fingerprint density at radius 3 is 2.67 bits per heavy atom. The van der Waals surface area contributed by atoms with E-state index >= 15 is 0 Å². The molecule has 0 saturated heterocycles. The molecule has 0 bridgehead atoms. The maximum atomic E-state index is 12.1. The van der Waals surface area contributed by atoms with Crippen LogP contribution in [0.25, 0.3) is 0 Å². The van der Waals surface area contributed by atoms with Crippen molar-refractivity contribution in [2.24, 2.45) is 5.92 Å². The smallest absolute Gasteiger partial charge is 0.406 e. The molecule has 0 aliphatic heterocycles. The molecule has 1 aromatic rings. The Balaban J connectivity index is 1.96. The van der Waals surface area contributed by atoms with E-state index in [1.54, 1.807) is 6.07 Å². The summed E-state index contributed by atoms with van der Waals surface area (Å²) in [5.41, 5.74) is 0.470. The van der Waals surface area contributed by atoms with E-state index in [2.05, 4.69) is 4.74 Å². The average Bonchev–Trinajstić information content (AvgIpc) is 3.07. The highest BCUT2D eigenvalue weighted by atomic mass is 19.4. The van der Waals surface area contributed by atoms with Gasteiger partial charge in [-0.3, -0.25) is 0 Å². The van der Waals surface area contributed by atoms with E-state index in [1.165, 1.54) is 31.0 Å². The topological polar surface area (TPSA) is 29.5 Å². The van der Waals surface area contributed by atoms with E-state index in [4.69, 9.17) is 0 Å². The van der Waals surface area contributed by atoms with Crippen LogP contribution in [0.2, 0.25) is 0 Å². The summed E-state index contributed by atoms with van der Waals surface area (Å²) in [5.74, 6) is 0.403. The molecule has 0 heterocycles. The summed E-state index contributed by atoms with van der Waals surface area (Å²) in [5, 5.41) is 9.88. The quantitative estimate of drug-likeness (QED) is 0.872. The summed E-state index contributed by atoms with van der Waals surface area (Å²) in [6, 6.07) is 5.53. The summed E-state index contributed by atoms with van der Waals surface area (Å²) in [6.07, 6.45) is -1.51. The average molecular weight is 260 g/mol. The van der Waals surface area contributed by atoms with Gasteiger partial charge in [-0.1, -0.05) is 25.0 Å². The van der Waals surface area contributed by atoms with Crippen LogP contribution in [0.3, 0.4) is 0 Å². The fourth-order valence-electron chi connectivity index (χ4n) is 1.89. The summed E-state index contributed by atoms with van der Waals surface area (Å²) < 4.78 is 40.0. The Labute approximate surface area is 103 Å². The van der Waals surface area contributed by atoms with Crippen LogP contribution in [0.1, 0.15) is 37.4 Å². The normalized spacial score (nSPS) is 17.6. The number of aliphatic hydroxyl groups is 1. The van der Waals surface area contributed by atoms with E-state index in [9.17, 15) is 18.3 Å². The predicted octanol–water partition coefficient (Wildman–Crippen LogP) is 3.81. The Morgan fingerprint density at radius 1 is 1.33 bits per heavy atom. The highest BCUT2D eigenvalue weighted by Crippen LogP contribution is 2.36. The monoisotopic (exact) mass is 260 g/mol. The minimum absolute atomic E-state index is 0.287. The lowest BCUT2D eigenvalue weighted by Gasteiger charge is -2.13. The summed E-state index contributed by atoms with van der Waals surface area (Å²) in [7, 11) is 0. The SMILES string of the molecule is OC(CCC1CC1)c1cccc(OC(F)(F)F)c1. The molecule has 5 heteroatoms. The van der Waals surface area contributed by atoms with Gasteiger partial charge >= 0.3 is 6.36 Å². The van der Waals surface area contributed by atoms with Crippen LogP contribution < -0.4 is 4.74 Å². The van der Waals surface area contributed by atoms with Gasteiger partial charge in [0.2, 0.25) is 0 Å². The van der Waals surface area contributed by atoms with Crippen LogP contribution in [0.15, 0.2) is 24.3 Å². The summed E-state index contributed by atoms with van der Waals surface area (Å²) >= 11 is 0. The van der Waals surface area contributed by atoms with Crippen LogP contribution in [-0.2, 0) is 0 Å². The number of rotatable bonds is 5. The Hall–Kier alpha value is -1.23. The molecule has 0 amide bonds. The van der Waals surface area contributed by atoms with Crippen LogP contribution in [0, 0.1) is 5.92 Å². The molecule has 1 fully saturated rings. The molecule has 0 spiro atoms. The highest BCUT2D eigenvalue weighted by molar-refractivity contribution is 5.30. The van der Waals surface area contributed by atoms with Crippen molar-refractivity contribution in [2.75, 3.05) is 0 Å². The maximum Gasteiger partial charge on any atom is 0.573 e. The number of ether oxygens (including phenoxy) is 1. The lowest BCUT2D eigenvalue weighted by molar-refractivity contribution is -0.274. The van der Waals surface area contributed by atoms with Gasteiger partial charge in [0.15, 0.2) is 0 Å². The molecule has 1 atom stereocenters. The van der Waals surface area contributed by atoms with E-state index in [-0.39, 0.29) is 5.75 Å². The molecule has 1 unspecified atom stereocenters. The number of benzene rings is 1. The molecule has 2 rings (SSSR count). The Morgan fingerprint density at radius 2 is 2.06 bits per heavy atom. The third-order valence-corrected chi connectivity index (χ3v) is 3.02. The Bertz CT molecular complexity index is 399. The van der Waals surface area contributed by atoms with Gasteiger partial charge in [-0.05, 0) is 36.5 Å². The molecule has 1 saturated carbocycles. The van der Waals surface area contributed by atoms with E-state index in [0.29, 0.717) is 17.9 Å². The second-order valence-electron chi connectivity index (χ2n) is 4.66. The van der Waals surface area contributed by atoms with Crippen molar-refractivity contribution in [3.8, 4) is 5.75 Å². The molecule has 1 aromatic carbocycles. The van der Waals surface area contributed by atoms with Gasteiger partial charge in [-0.25, -0.2) is 0 Å². The first-order valence-electron chi connectivity index (χ1n) is 5.98. The fraction of sp³-hybridized carbons (Fsp3) is 0.538. The van der Waals surface area contributed by atoms with Gasteiger partial charge in [0.05, 0.1) is 6.10 Å². The third kappa shape index (κ3) is 4.22. The third-order valence-electron chi connectivity index (χ3n) is 3.02. The van der Waals surface area contributed by atoms with Crippen molar-refractivity contribution in [3.05, 3.63) is 29.8 Å². The van der Waals surface area contributed by atoms with Crippen molar-refractivity contribution in [2.45, 2.75) is 38.1 Å². The van der Waals surface area contributed by atoms with Crippen molar-refractivity contribution < 1.29 is 23.0 Å². The van der Waals surface area contributed by atoms with Gasteiger partial charge < -0.3 is 9.84 Å². The van der Waals surface area contributed by atoms with Gasteiger partial charge in [0.25, 0.3) is 0 Å². The molecule has 1 aliphatic rings. The lowest BCUT2D eigenvalue weighted by Crippen LogP contribution is -2.17. The molecule has 0 aromatic heterocycles. The zero-order valence-electron chi connectivity index (χ0n) is 9.78. The van der Waals surface area contributed by atoms with Gasteiger partial charge in [-0.15, -0.1) is 13.2 Å². The molecule has 100 valence electrons. The minimum atomic E-state index is -4.70. The lowest BCUT2D eigenvalue weighted by atomic mass is 10.0. The standard InChI is InChI=1S/C13H15F3O2/c14-13(15,16)18-11-3-1-2-10(8-11)12(17)7-6-9-4-5-9/h1-3,8-9,12,17H,4-7H2. The predicted molar refractivity (Wildman–Crippen MR) is 60.0 cm³/mol. The summed E-state index contributed by atoms with van der Waals surface area (Å²) in [6.45, 7) is 0. The van der Waals surface area contributed by atoms with Crippen molar-refractivity contribution >= 4 is 0 Å². The molecular formula is C13H15F3O2. The molecule has 0 radical (unpaired) electrons. The number of hydrogen-bond donors (Lipinski definition) is 1. The van der Waals surface area contributed by atoms with Gasteiger partial charge in [-0.2, -0.15) is 0 Å². The maximum absolute atomic E-state index is 12.1. The number of halogens is 3. The van der Waals surface area contributed by atoms with E-state index in [1.807, 2.05) is 0 Å². The van der Waals surface area contributed by atoms with Gasteiger partial charge in [0, 0.05) is 0 Å². The van der Waals surface area contributed by atoms with Gasteiger partial charge in [0.1, 0.15) is 5.75 Å². The van der Waals surface area contributed by atoms with Crippen LogP contribution in [0.4, 0.5) is 13.2 Å². The molecule has 2 nitrogen and oxygen atoms in total. The molecular weight excluding hydrogens is 245 g/mol. The first kappa shape index (κ1) is 13.2. The summed E-state index contributed by atoms with van der Waals surface area (Å²) in [4.78, 5) is 0. The molecule has 1 aliphatic carbocycles. The van der Waals surface area contributed by atoms with Crippen molar-refractivity contribution in [3.63, 3.8) is 0 Å². The van der Waals surface area contributed by atoms with Crippen molar-refractivity contribution in [1.82, 2.24) is 0 Å². The van der Waals surface area contributed by atoms with Crippen LogP contribution in [0.5, 0.6) is 5.75 Å². The zero-order chi connectivity index (χ0) is 13.2. The van der Waals surface area contributed by atoms with E-state index in [0.717, 1.165) is 6.42 Å². The highest BCUT2D eigenvalue weighted by Gasteiger charge is 2.31. The number of hydrogen-bond acceptors (Lipinski definition) is 2. The number of alkyl halides is 3. The first-order chi connectivity index (χ1) is 8.44. The minimum Gasteiger partial charge on any atom is -0.406 e. The van der Waals surface area contributed by atoms with Crippen LogP contribution in [-0.4, -0.2) is 11.5 Å². The second-order valence-corrected chi connectivity index (χ2v) is 4.66. The first-order valence-corrected chi connectivity index (χ1v) is 5.98. The Kier molecular flexibility index (Phi) is 3.80. The number of aliphatic hydroxyl groups excluding tert-OH is 1. The molecule has 1 N–H and O–H groups in total. The van der Waals surface area contributed by atoms with Crippen molar-refractivity contribution in [1.29, 1.82) is 0 Å². The van der Waals surface area contributed by atoms with E-state index < -0.39 is 12.5 Å². The largest absolute Gasteiger partial charge is 0.573 e. The fourth-order valence-corrected chi connectivity index (χ4v) is 1.89.